The van der Waals surface area contributed by atoms with Crippen LogP contribution in [0.4, 0.5) is 23.0 Å². The summed E-state index contributed by atoms with van der Waals surface area (Å²) in [7, 11) is 0. The lowest BCUT2D eigenvalue weighted by molar-refractivity contribution is 0.0996. The molecule has 2 atom stereocenters. The van der Waals surface area contributed by atoms with E-state index in [9.17, 15) is 4.79 Å². The molecule has 0 aliphatic heterocycles. The second kappa shape index (κ2) is 10.5. The fraction of sp³-hybridized carbons (Fsp3) is 0.286. The van der Waals surface area contributed by atoms with Gasteiger partial charge in [-0.1, -0.05) is 12.8 Å². The summed E-state index contributed by atoms with van der Waals surface area (Å²) in [5, 5.41) is 25.8. The van der Waals surface area contributed by atoms with Crippen molar-refractivity contribution in [1.29, 1.82) is 5.41 Å². The normalized spacial score (nSPS) is 17.9. The Morgan fingerprint density at radius 2 is 1.94 bits per heavy atom. The standard InChI is InChI=1S/C21H26N12O/c22-5-6-26-32-14-9-13(10-15(11-14)33-27-7-8-28-33)29-21-19(20(24)34)25-12-18(31-21)30-17-4-2-1-3-16(17)23/h5-12,16-17,22,32H,1-4,23H2,(H2,24,34)(H2,29,30,31)/b22-5?,26-6-/t16-,17+/m0/s1. The minimum atomic E-state index is -0.713. The summed E-state index contributed by atoms with van der Waals surface area (Å²) < 4.78 is 0. The molecule has 4 rings (SSSR count). The van der Waals surface area contributed by atoms with Crippen molar-refractivity contribution >= 4 is 41.3 Å². The third-order valence-electron chi connectivity index (χ3n) is 5.33. The van der Waals surface area contributed by atoms with Crippen LogP contribution in [0, 0.1) is 5.41 Å². The summed E-state index contributed by atoms with van der Waals surface area (Å²) in [5.41, 5.74) is 16.4. The topological polar surface area (TPSA) is 198 Å². The number of carbonyl (C=O) groups excluding carboxylic acids is 1. The van der Waals surface area contributed by atoms with Crippen LogP contribution in [0.2, 0.25) is 0 Å². The van der Waals surface area contributed by atoms with Gasteiger partial charge in [0.1, 0.15) is 5.82 Å². The van der Waals surface area contributed by atoms with Gasteiger partial charge >= 0.3 is 0 Å². The summed E-state index contributed by atoms with van der Waals surface area (Å²) >= 11 is 0. The van der Waals surface area contributed by atoms with Crippen LogP contribution in [0.5, 0.6) is 0 Å². The summed E-state index contributed by atoms with van der Waals surface area (Å²) in [5.74, 6) is -0.0233. The Morgan fingerprint density at radius 3 is 2.68 bits per heavy atom. The molecular formula is C21H26N12O. The number of amides is 1. The zero-order valence-electron chi connectivity index (χ0n) is 18.3. The molecular weight excluding hydrogens is 436 g/mol. The predicted octanol–water partition coefficient (Wildman–Crippen LogP) is 1.63. The van der Waals surface area contributed by atoms with Gasteiger partial charge in [0.2, 0.25) is 0 Å². The molecule has 1 aliphatic carbocycles. The number of hydrogen-bond acceptors (Lipinski definition) is 11. The van der Waals surface area contributed by atoms with Gasteiger partial charge in [-0.15, -0.1) is 0 Å². The molecule has 2 heterocycles. The molecule has 1 amide bonds. The maximum Gasteiger partial charge on any atom is 0.271 e. The molecule has 13 heteroatoms. The van der Waals surface area contributed by atoms with Crippen molar-refractivity contribution in [3.63, 3.8) is 0 Å². The van der Waals surface area contributed by atoms with Gasteiger partial charge in [0.25, 0.3) is 5.91 Å². The molecule has 176 valence electrons. The highest BCUT2D eigenvalue weighted by Crippen LogP contribution is 2.26. The Hall–Kier alpha value is -4.39. The Balaban J connectivity index is 1.66. The first-order chi connectivity index (χ1) is 16.5. The van der Waals surface area contributed by atoms with Crippen LogP contribution in [0.25, 0.3) is 5.69 Å². The van der Waals surface area contributed by atoms with Crippen LogP contribution >= 0.6 is 0 Å². The van der Waals surface area contributed by atoms with Crippen molar-refractivity contribution in [2.45, 2.75) is 37.8 Å². The van der Waals surface area contributed by atoms with E-state index in [-0.39, 0.29) is 23.6 Å². The molecule has 0 unspecified atom stereocenters. The summed E-state index contributed by atoms with van der Waals surface area (Å²) in [6.07, 6.45) is 11.0. The van der Waals surface area contributed by atoms with Crippen LogP contribution in [0.1, 0.15) is 36.2 Å². The third kappa shape index (κ3) is 5.50. The van der Waals surface area contributed by atoms with E-state index >= 15 is 0 Å². The first kappa shape index (κ1) is 22.8. The van der Waals surface area contributed by atoms with Gasteiger partial charge in [0.15, 0.2) is 11.5 Å². The maximum atomic E-state index is 12.0. The molecule has 1 aromatic carbocycles. The molecule has 1 saturated carbocycles. The smallest absolute Gasteiger partial charge is 0.271 e. The third-order valence-corrected chi connectivity index (χ3v) is 5.33. The van der Waals surface area contributed by atoms with E-state index < -0.39 is 5.91 Å². The number of nitrogens with one attached hydrogen (secondary N) is 4. The van der Waals surface area contributed by atoms with Crippen molar-refractivity contribution in [2.75, 3.05) is 16.1 Å². The molecule has 8 N–H and O–H groups in total. The summed E-state index contributed by atoms with van der Waals surface area (Å²) in [4.78, 5) is 22.2. The monoisotopic (exact) mass is 462 g/mol. The first-order valence-corrected chi connectivity index (χ1v) is 10.8. The van der Waals surface area contributed by atoms with Gasteiger partial charge in [-0.3, -0.25) is 10.2 Å². The zero-order valence-corrected chi connectivity index (χ0v) is 18.3. The number of benzene rings is 1. The van der Waals surface area contributed by atoms with Crippen molar-refractivity contribution < 1.29 is 4.79 Å². The largest absolute Gasteiger partial charge is 0.364 e. The van der Waals surface area contributed by atoms with Crippen LogP contribution in [0.15, 0.2) is 41.9 Å². The van der Waals surface area contributed by atoms with Gasteiger partial charge in [-0.25, -0.2) is 9.97 Å². The molecule has 2 aromatic heterocycles. The molecule has 34 heavy (non-hydrogen) atoms. The van der Waals surface area contributed by atoms with Crippen molar-refractivity contribution in [3.8, 4) is 5.69 Å². The number of aromatic nitrogens is 5. The molecule has 13 nitrogen and oxygen atoms in total. The van der Waals surface area contributed by atoms with Crippen LogP contribution in [-0.4, -0.2) is 55.4 Å². The highest BCUT2D eigenvalue weighted by Gasteiger charge is 2.23. The fourth-order valence-electron chi connectivity index (χ4n) is 3.75. The van der Waals surface area contributed by atoms with Crippen molar-refractivity contribution in [2.24, 2.45) is 16.6 Å². The van der Waals surface area contributed by atoms with Crippen molar-refractivity contribution in [1.82, 2.24) is 25.0 Å². The van der Waals surface area contributed by atoms with Gasteiger partial charge in [-0.2, -0.15) is 20.1 Å². The molecule has 0 bridgehead atoms. The van der Waals surface area contributed by atoms with E-state index in [1.165, 1.54) is 17.2 Å². The minimum absolute atomic E-state index is 0.00236. The molecule has 0 radical (unpaired) electrons. The highest BCUT2D eigenvalue weighted by atomic mass is 16.1. The number of hydrazone groups is 1. The lowest BCUT2D eigenvalue weighted by Crippen LogP contribution is -2.42. The second-order valence-electron chi connectivity index (χ2n) is 7.78. The first-order valence-electron chi connectivity index (χ1n) is 10.8. The average molecular weight is 463 g/mol. The maximum absolute atomic E-state index is 12.0. The van der Waals surface area contributed by atoms with Gasteiger partial charge < -0.3 is 27.5 Å². The number of carbonyl (C=O) groups is 1. The van der Waals surface area contributed by atoms with E-state index in [1.807, 2.05) is 0 Å². The predicted molar refractivity (Wildman–Crippen MR) is 130 cm³/mol. The lowest BCUT2D eigenvalue weighted by Gasteiger charge is -2.29. The Kier molecular flexibility index (Phi) is 7.03. The van der Waals surface area contributed by atoms with Gasteiger partial charge in [0.05, 0.1) is 36.2 Å². The average Bonchev–Trinajstić information content (AvgIpc) is 3.36. The Labute approximate surface area is 195 Å². The van der Waals surface area contributed by atoms with Crippen LogP contribution in [0.3, 0.4) is 0 Å². The van der Waals surface area contributed by atoms with E-state index in [2.05, 4.69) is 41.3 Å². The fourth-order valence-corrected chi connectivity index (χ4v) is 3.75. The molecule has 3 aromatic rings. The van der Waals surface area contributed by atoms with E-state index in [0.29, 0.717) is 22.9 Å². The summed E-state index contributed by atoms with van der Waals surface area (Å²) in [6.45, 7) is 0. The lowest BCUT2D eigenvalue weighted by atomic mass is 9.91. The number of nitrogens with two attached hydrogens (primary N) is 2. The number of hydrogen-bond donors (Lipinski definition) is 6. The molecule has 0 spiro atoms. The Morgan fingerprint density at radius 1 is 1.18 bits per heavy atom. The van der Waals surface area contributed by atoms with Crippen LogP contribution < -0.4 is 27.5 Å². The van der Waals surface area contributed by atoms with Crippen molar-refractivity contribution in [3.05, 3.63) is 42.5 Å². The quantitative estimate of drug-likeness (QED) is 0.202. The van der Waals surface area contributed by atoms with E-state index in [1.54, 1.807) is 30.6 Å². The van der Waals surface area contributed by atoms with E-state index in [0.717, 1.165) is 31.9 Å². The number of rotatable bonds is 9. The second-order valence-corrected chi connectivity index (χ2v) is 7.78. The number of anilines is 4. The van der Waals surface area contributed by atoms with E-state index in [4.69, 9.17) is 16.9 Å². The Bertz CT molecular complexity index is 1180. The SMILES string of the molecule is N=C/C=N\Nc1cc(Nc2nc(N[C@@H]3CCCC[C@@H]3N)cnc2C(N)=O)cc(-n2nccn2)c1. The number of nitrogens with zero attached hydrogens (tertiary/aromatic N) is 6. The van der Waals surface area contributed by atoms with Gasteiger partial charge in [0, 0.05) is 24.0 Å². The highest BCUT2D eigenvalue weighted by molar-refractivity contribution is 6.14. The zero-order chi connectivity index (χ0) is 23.9. The number of primary amides is 1. The molecule has 1 fully saturated rings. The summed E-state index contributed by atoms with van der Waals surface area (Å²) in [6, 6.07) is 5.39. The van der Waals surface area contributed by atoms with Crippen LogP contribution in [-0.2, 0) is 0 Å². The minimum Gasteiger partial charge on any atom is -0.364 e. The molecule has 1 aliphatic rings. The van der Waals surface area contributed by atoms with Gasteiger partial charge in [-0.05, 0) is 31.0 Å². The molecule has 0 saturated heterocycles.